The van der Waals surface area contributed by atoms with Crippen LogP contribution in [0.4, 0.5) is 0 Å². The lowest BCUT2D eigenvalue weighted by Crippen LogP contribution is -1.62. The first-order valence-corrected chi connectivity index (χ1v) is 2.75. The minimum Gasteiger partial charge on any atom is -0.0898 e. The number of allylic oxidation sites excluding steroid dienone is 2. The highest BCUT2D eigenvalue weighted by atomic mass is 35.5. The van der Waals surface area contributed by atoms with E-state index >= 15 is 0 Å². The van der Waals surface area contributed by atoms with Crippen molar-refractivity contribution in [3.05, 3.63) is 17.5 Å². The van der Waals surface area contributed by atoms with Gasteiger partial charge in [0, 0.05) is 5.03 Å². The first-order valence-electron chi connectivity index (χ1n) is 2.37. The highest BCUT2D eigenvalue weighted by Crippen LogP contribution is 2.00. The van der Waals surface area contributed by atoms with E-state index in [1.54, 1.807) is 0 Å². The predicted octanol–water partition coefficient (Wildman–Crippen LogP) is 2.74. The van der Waals surface area contributed by atoms with Crippen molar-refractivity contribution >= 4 is 11.6 Å². The third kappa shape index (κ3) is 6.03. The number of hydrogen-bond donors (Lipinski definition) is 0. The van der Waals surface area contributed by atoms with E-state index in [0.29, 0.717) is 0 Å². The molecule has 0 amide bonds. The number of hydrogen-bond acceptors (Lipinski definition) is 0. The third-order valence-corrected chi connectivity index (χ3v) is 0.789. The Morgan fingerprint density at radius 3 is 2.43 bits per heavy atom. The van der Waals surface area contributed by atoms with Gasteiger partial charge in [-0.2, -0.15) is 0 Å². The second kappa shape index (κ2) is 4.20. The van der Waals surface area contributed by atoms with Crippen molar-refractivity contribution in [1.29, 1.82) is 0 Å². The summed E-state index contributed by atoms with van der Waals surface area (Å²) < 4.78 is 0. The summed E-state index contributed by atoms with van der Waals surface area (Å²) >= 11 is 5.50. The normalized spacial score (nSPS) is 12.1. The monoisotopic (exact) mass is 117 g/mol. The lowest BCUT2D eigenvalue weighted by molar-refractivity contribution is 1.20. The number of halogens is 1. The number of unbranched alkanes of at least 4 members (excludes halogenated alkanes) is 1. The van der Waals surface area contributed by atoms with Crippen molar-refractivity contribution in [3.8, 4) is 0 Å². The maximum atomic E-state index is 5.50. The van der Waals surface area contributed by atoms with Gasteiger partial charge in [-0.3, -0.25) is 0 Å². The molecule has 0 saturated heterocycles. The molecule has 0 atom stereocenters. The fourth-order valence-electron chi connectivity index (χ4n) is 0.280. The Bertz CT molecular complexity index is 60.6. The molecule has 0 fully saturated rings. The largest absolute Gasteiger partial charge is 0.0898 e. The third-order valence-electron chi connectivity index (χ3n) is 0.635. The van der Waals surface area contributed by atoms with Crippen LogP contribution in [-0.4, -0.2) is 0 Å². The van der Waals surface area contributed by atoms with Gasteiger partial charge in [-0.25, -0.2) is 0 Å². The molecule has 0 saturated carbocycles. The topological polar surface area (TPSA) is 0 Å². The Morgan fingerprint density at radius 2 is 2.29 bits per heavy atom. The Labute approximate surface area is 50.2 Å². The zero-order chi connectivity index (χ0) is 5.70. The zero-order valence-electron chi connectivity index (χ0n) is 4.74. The van der Waals surface area contributed by atoms with Crippen LogP contribution in [0.2, 0.25) is 0 Å². The van der Waals surface area contributed by atoms with E-state index in [4.69, 9.17) is 11.6 Å². The average molecular weight is 118 g/mol. The van der Waals surface area contributed by atoms with Crippen molar-refractivity contribution in [2.24, 2.45) is 0 Å². The molecule has 0 aromatic carbocycles. The molecule has 0 N–H and O–H groups in total. The Hall–Kier alpha value is 0.0300. The lowest BCUT2D eigenvalue weighted by atomic mass is 10.3. The summed E-state index contributed by atoms with van der Waals surface area (Å²) in [4.78, 5) is 0. The Morgan fingerprint density at radius 1 is 1.71 bits per heavy atom. The van der Waals surface area contributed by atoms with Gasteiger partial charge in [-0.1, -0.05) is 24.6 Å². The van der Waals surface area contributed by atoms with E-state index < -0.39 is 0 Å². The molecule has 0 heterocycles. The van der Waals surface area contributed by atoms with Crippen LogP contribution in [0.3, 0.4) is 0 Å². The van der Waals surface area contributed by atoms with E-state index in [1.165, 1.54) is 0 Å². The van der Waals surface area contributed by atoms with Crippen LogP contribution < -0.4 is 0 Å². The van der Waals surface area contributed by atoms with Gasteiger partial charge in [0.1, 0.15) is 0 Å². The highest BCUT2D eigenvalue weighted by Gasteiger charge is 1.75. The van der Waals surface area contributed by atoms with Gasteiger partial charge in [0.25, 0.3) is 0 Å². The fourth-order valence-corrected chi connectivity index (χ4v) is 0.369. The van der Waals surface area contributed by atoms with E-state index in [1.807, 2.05) is 19.9 Å². The van der Waals surface area contributed by atoms with Gasteiger partial charge in [0.05, 0.1) is 0 Å². The number of rotatable bonds is 2. The van der Waals surface area contributed by atoms with Gasteiger partial charge in [-0.15, -0.1) is 0 Å². The lowest BCUT2D eigenvalue weighted by Gasteiger charge is -1.82. The standard InChI is InChI=1S/C6H10Cl/c1-3-4-5-6(2)7/h3,5H,4H2,1-2H3/b6-5-. The first kappa shape index (κ1) is 7.03. The molecule has 41 valence electrons. The SMILES string of the molecule is C[CH]C/C=C(/C)Cl. The molecule has 0 aliphatic carbocycles. The van der Waals surface area contributed by atoms with E-state index in [2.05, 4.69) is 6.42 Å². The maximum absolute atomic E-state index is 5.50. The molecule has 0 nitrogen and oxygen atoms in total. The molecule has 1 radical (unpaired) electrons. The van der Waals surface area contributed by atoms with Crippen LogP contribution in [0.15, 0.2) is 11.1 Å². The quantitative estimate of drug-likeness (QED) is 0.522. The summed E-state index contributed by atoms with van der Waals surface area (Å²) in [5.74, 6) is 0. The average Bonchev–Trinajstić information content (AvgIpc) is 1.61. The van der Waals surface area contributed by atoms with Gasteiger partial charge >= 0.3 is 0 Å². The maximum Gasteiger partial charge on any atom is 0.0110 e. The summed E-state index contributed by atoms with van der Waals surface area (Å²) in [5.41, 5.74) is 0. The zero-order valence-corrected chi connectivity index (χ0v) is 5.50. The van der Waals surface area contributed by atoms with Crippen molar-refractivity contribution < 1.29 is 0 Å². The first-order chi connectivity index (χ1) is 3.27. The summed E-state index contributed by atoms with van der Waals surface area (Å²) in [6.07, 6.45) is 5.02. The molecule has 0 aliphatic rings. The van der Waals surface area contributed by atoms with Crippen molar-refractivity contribution in [2.75, 3.05) is 0 Å². The summed E-state index contributed by atoms with van der Waals surface area (Å²) in [6.45, 7) is 3.89. The van der Waals surface area contributed by atoms with Crippen LogP contribution in [0.5, 0.6) is 0 Å². The van der Waals surface area contributed by atoms with Crippen molar-refractivity contribution in [2.45, 2.75) is 20.3 Å². The summed E-state index contributed by atoms with van der Waals surface area (Å²) in [6, 6.07) is 0. The Balaban J connectivity index is 3.08. The summed E-state index contributed by atoms with van der Waals surface area (Å²) in [7, 11) is 0. The Kier molecular flexibility index (Phi) is 4.21. The molecule has 1 heteroatoms. The van der Waals surface area contributed by atoms with Gasteiger partial charge < -0.3 is 0 Å². The van der Waals surface area contributed by atoms with Gasteiger partial charge in [0.15, 0.2) is 0 Å². The minimum absolute atomic E-state index is 0.873. The predicted molar refractivity (Wildman–Crippen MR) is 34.2 cm³/mol. The smallest absolute Gasteiger partial charge is 0.0110 e. The highest BCUT2D eigenvalue weighted by molar-refractivity contribution is 6.29. The molecule has 0 bridgehead atoms. The molecule has 7 heavy (non-hydrogen) atoms. The van der Waals surface area contributed by atoms with Gasteiger partial charge in [0.2, 0.25) is 0 Å². The van der Waals surface area contributed by atoms with Crippen LogP contribution in [0, 0.1) is 6.42 Å². The second-order valence-electron chi connectivity index (χ2n) is 1.43. The van der Waals surface area contributed by atoms with Crippen molar-refractivity contribution in [1.82, 2.24) is 0 Å². The fraction of sp³-hybridized carbons (Fsp3) is 0.500. The van der Waals surface area contributed by atoms with Crippen LogP contribution in [0.1, 0.15) is 20.3 Å². The molecule has 0 aliphatic heterocycles. The summed E-state index contributed by atoms with van der Waals surface area (Å²) in [5, 5.41) is 0.873. The molecule has 0 rings (SSSR count). The van der Waals surface area contributed by atoms with E-state index in [-0.39, 0.29) is 0 Å². The minimum atomic E-state index is 0.873. The van der Waals surface area contributed by atoms with Crippen LogP contribution in [-0.2, 0) is 0 Å². The molecular formula is C6H10Cl. The second-order valence-corrected chi connectivity index (χ2v) is 2.03. The molecule has 0 spiro atoms. The van der Waals surface area contributed by atoms with Crippen LogP contribution >= 0.6 is 11.6 Å². The van der Waals surface area contributed by atoms with Crippen LogP contribution in [0.25, 0.3) is 0 Å². The van der Waals surface area contributed by atoms with E-state index in [9.17, 15) is 0 Å². The van der Waals surface area contributed by atoms with E-state index in [0.717, 1.165) is 11.5 Å². The molecular weight excluding hydrogens is 108 g/mol. The van der Waals surface area contributed by atoms with Crippen molar-refractivity contribution in [3.63, 3.8) is 0 Å². The van der Waals surface area contributed by atoms with Gasteiger partial charge in [-0.05, 0) is 19.8 Å². The molecule has 0 aromatic rings. The molecule has 0 aromatic heterocycles. The molecule has 0 unspecified atom stereocenters.